The van der Waals surface area contributed by atoms with Gasteiger partial charge in [0.15, 0.2) is 0 Å². The normalized spacial score (nSPS) is 13.0. The van der Waals surface area contributed by atoms with E-state index in [-0.39, 0.29) is 0 Å². The minimum Gasteiger partial charge on any atom is -0.411 e. The monoisotopic (exact) mass is 272 g/mol. The van der Waals surface area contributed by atoms with Crippen molar-refractivity contribution in [3.05, 3.63) is 33.8 Å². The van der Waals surface area contributed by atoms with Crippen molar-refractivity contribution in [2.75, 3.05) is 0 Å². The van der Waals surface area contributed by atoms with E-state index in [4.69, 9.17) is 28.4 Å². The highest BCUT2D eigenvalue weighted by atomic mass is 35.5. The van der Waals surface area contributed by atoms with E-state index in [1.807, 2.05) is 0 Å². The number of carbonyl (C=O) groups excluding carboxylic acids is 1. The van der Waals surface area contributed by atoms with Crippen LogP contribution in [-0.2, 0) is 4.79 Å². The average molecular weight is 273 g/mol. The molecule has 0 saturated carbocycles. The van der Waals surface area contributed by atoms with Crippen LogP contribution >= 0.6 is 23.2 Å². The van der Waals surface area contributed by atoms with Gasteiger partial charge < -0.3 is 5.21 Å². The van der Waals surface area contributed by atoms with Gasteiger partial charge in [-0.3, -0.25) is 0 Å². The maximum Gasteiger partial charge on any atom is 0.235 e. The lowest BCUT2D eigenvalue weighted by molar-refractivity contribution is 0.315. The SMILES string of the molecule is CCC(=NO)C(N=C=O)c1ccc(Cl)c(Cl)c1. The summed E-state index contributed by atoms with van der Waals surface area (Å²) in [7, 11) is 0. The van der Waals surface area contributed by atoms with Crippen LogP contribution in [0, 0.1) is 0 Å². The number of halogens is 2. The van der Waals surface area contributed by atoms with Crippen LogP contribution in [0.1, 0.15) is 24.9 Å². The van der Waals surface area contributed by atoms with Crippen LogP contribution in [0.5, 0.6) is 0 Å². The van der Waals surface area contributed by atoms with Crippen LogP contribution in [-0.4, -0.2) is 17.0 Å². The number of hydrogen-bond donors (Lipinski definition) is 1. The van der Waals surface area contributed by atoms with E-state index in [0.29, 0.717) is 27.7 Å². The molecule has 0 bridgehead atoms. The molecule has 1 aromatic rings. The fourth-order valence-corrected chi connectivity index (χ4v) is 1.70. The average Bonchev–Trinajstić information content (AvgIpc) is 2.33. The number of isocyanates is 1. The third kappa shape index (κ3) is 3.30. The highest BCUT2D eigenvalue weighted by molar-refractivity contribution is 6.42. The molecule has 17 heavy (non-hydrogen) atoms. The zero-order chi connectivity index (χ0) is 12.8. The molecule has 0 spiro atoms. The summed E-state index contributed by atoms with van der Waals surface area (Å²) in [4.78, 5) is 14.0. The third-order valence-corrected chi connectivity index (χ3v) is 2.99. The van der Waals surface area contributed by atoms with Crippen molar-refractivity contribution in [1.29, 1.82) is 0 Å². The van der Waals surface area contributed by atoms with Gasteiger partial charge in [0.1, 0.15) is 6.04 Å². The second-order valence-electron chi connectivity index (χ2n) is 3.24. The number of benzene rings is 1. The Morgan fingerprint density at radius 1 is 1.47 bits per heavy atom. The molecule has 0 radical (unpaired) electrons. The molecule has 0 saturated heterocycles. The number of oxime groups is 1. The molecule has 1 unspecified atom stereocenters. The lowest BCUT2D eigenvalue weighted by Crippen LogP contribution is -2.09. The smallest absolute Gasteiger partial charge is 0.235 e. The molecule has 1 aromatic carbocycles. The van der Waals surface area contributed by atoms with Crippen LogP contribution in [0.15, 0.2) is 28.3 Å². The van der Waals surface area contributed by atoms with Crippen molar-refractivity contribution in [3.8, 4) is 0 Å². The van der Waals surface area contributed by atoms with Gasteiger partial charge in [-0.05, 0) is 24.1 Å². The molecule has 1 atom stereocenters. The molecule has 0 fully saturated rings. The van der Waals surface area contributed by atoms with Gasteiger partial charge in [0.25, 0.3) is 0 Å². The summed E-state index contributed by atoms with van der Waals surface area (Å²) in [6.07, 6.45) is 1.91. The Morgan fingerprint density at radius 2 is 2.18 bits per heavy atom. The zero-order valence-electron chi connectivity index (χ0n) is 9.02. The molecule has 1 N–H and O–H groups in total. The van der Waals surface area contributed by atoms with Crippen LogP contribution < -0.4 is 0 Å². The molecule has 1 rings (SSSR count). The van der Waals surface area contributed by atoms with E-state index in [2.05, 4.69) is 10.1 Å². The second-order valence-corrected chi connectivity index (χ2v) is 4.06. The van der Waals surface area contributed by atoms with E-state index in [1.54, 1.807) is 25.1 Å². The fraction of sp³-hybridized carbons (Fsp3) is 0.273. The molecule has 0 aliphatic heterocycles. The molecule has 0 aliphatic carbocycles. The fourth-order valence-electron chi connectivity index (χ4n) is 1.40. The van der Waals surface area contributed by atoms with E-state index >= 15 is 0 Å². The topological polar surface area (TPSA) is 62.0 Å². The zero-order valence-corrected chi connectivity index (χ0v) is 10.5. The first kappa shape index (κ1) is 13.7. The number of nitrogens with zero attached hydrogens (tertiary/aromatic N) is 2. The molecule has 0 aliphatic rings. The number of rotatable bonds is 4. The van der Waals surface area contributed by atoms with E-state index in [1.165, 1.54) is 6.08 Å². The highest BCUT2D eigenvalue weighted by Crippen LogP contribution is 2.28. The predicted molar refractivity (Wildman–Crippen MR) is 66.8 cm³/mol. The summed E-state index contributed by atoms with van der Waals surface area (Å²) in [5, 5.41) is 12.7. The molecule has 0 aromatic heterocycles. The first-order valence-electron chi connectivity index (χ1n) is 4.86. The van der Waals surface area contributed by atoms with Gasteiger partial charge in [0, 0.05) is 0 Å². The molecule has 0 heterocycles. The van der Waals surface area contributed by atoms with Crippen molar-refractivity contribution in [2.24, 2.45) is 10.1 Å². The van der Waals surface area contributed by atoms with Gasteiger partial charge in [-0.15, -0.1) is 0 Å². The predicted octanol–water partition coefficient (Wildman–Crippen LogP) is 3.61. The summed E-state index contributed by atoms with van der Waals surface area (Å²) < 4.78 is 0. The van der Waals surface area contributed by atoms with Gasteiger partial charge in [0.05, 0.1) is 15.8 Å². The standard InChI is InChI=1S/C11H10Cl2N2O2/c1-2-10(15-17)11(14-6-16)7-3-4-8(12)9(13)5-7/h3-5,11,17H,2H2,1H3. The number of aliphatic imine (C=N–C) groups is 1. The maximum atomic E-state index is 10.4. The minimum absolute atomic E-state index is 0.351. The summed E-state index contributed by atoms with van der Waals surface area (Å²) in [5.41, 5.74) is 0.976. The summed E-state index contributed by atoms with van der Waals surface area (Å²) in [6.45, 7) is 1.79. The Labute approximate surface area is 109 Å². The van der Waals surface area contributed by atoms with Crippen LogP contribution in [0.4, 0.5) is 0 Å². The molecule has 6 heteroatoms. The summed E-state index contributed by atoms with van der Waals surface area (Å²) in [5.74, 6) is 0. The van der Waals surface area contributed by atoms with Crippen LogP contribution in [0.2, 0.25) is 10.0 Å². The van der Waals surface area contributed by atoms with Crippen molar-refractivity contribution in [1.82, 2.24) is 0 Å². The van der Waals surface area contributed by atoms with Gasteiger partial charge in [0.2, 0.25) is 6.08 Å². The van der Waals surface area contributed by atoms with Crippen LogP contribution in [0.3, 0.4) is 0 Å². The Bertz CT molecular complexity index is 482. The quantitative estimate of drug-likeness (QED) is 0.394. The molecule has 0 amide bonds. The largest absolute Gasteiger partial charge is 0.411 e. The van der Waals surface area contributed by atoms with Crippen molar-refractivity contribution < 1.29 is 10.0 Å². The molecule has 4 nitrogen and oxygen atoms in total. The van der Waals surface area contributed by atoms with Crippen molar-refractivity contribution >= 4 is 35.0 Å². The van der Waals surface area contributed by atoms with E-state index < -0.39 is 6.04 Å². The lowest BCUT2D eigenvalue weighted by Gasteiger charge is -2.12. The Balaban J connectivity index is 3.23. The highest BCUT2D eigenvalue weighted by Gasteiger charge is 2.17. The van der Waals surface area contributed by atoms with Gasteiger partial charge in [-0.25, -0.2) is 4.79 Å². The lowest BCUT2D eigenvalue weighted by atomic mass is 10.0. The van der Waals surface area contributed by atoms with Crippen molar-refractivity contribution in [2.45, 2.75) is 19.4 Å². The van der Waals surface area contributed by atoms with Crippen LogP contribution in [0.25, 0.3) is 0 Å². The van der Waals surface area contributed by atoms with Crippen molar-refractivity contribution in [3.63, 3.8) is 0 Å². The first-order valence-corrected chi connectivity index (χ1v) is 5.62. The van der Waals surface area contributed by atoms with E-state index in [9.17, 15) is 4.79 Å². The summed E-state index contributed by atoms with van der Waals surface area (Å²) >= 11 is 11.7. The van der Waals surface area contributed by atoms with E-state index in [0.717, 1.165) is 0 Å². The number of hydrogen-bond acceptors (Lipinski definition) is 4. The van der Waals surface area contributed by atoms with Gasteiger partial charge in [-0.2, -0.15) is 4.99 Å². The second kappa shape index (κ2) is 6.40. The Hall–Kier alpha value is -1.35. The molecule has 90 valence electrons. The Morgan fingerprint density at radius 3 is 2.65 bits per heavy atom. The molecular formula is C11H10Cl2N2O2. The maximum absolute atomic E-state index is 10.4. The minimum atomic E-state index is -0.683. The van der Waals surface area contributed by atoms with Gasteiger partial charge in [-0.1, -0.05) is 41.3 Å². The molecular weight excluding hydrogens is 263 g/mol. The van der Waals surface area contributed by atoms with Gasteiger partial charge >= 0.3 is 0 Å². The first-order chi connectivity index (χ1) is 8.13. The Kier molecular flexibility index (Phi) is 5.16. The summed E-state index contributed by atoms with van der Waals surface area (Å²) in [6, 6.07) is 4.16. The third-order valence-electron chi connectivity index (χ3n) is 2.25.